The number of benzene rings is 2. The molecule has 0 bridgehead atoms. The number of carbonyl (C=O) groups excluding carboxylic acids is 1. The van der Waals surface area contributed by atoms with Crippen molar-refractivity contribution in [3.63, 3.8) is 0 Å². The van der Waals surface area contributed by atoms with E-state index in [4.69, 9.17) is 5.11 Å². The molecular weight excluding hydrogens is 290 g/mol. The summed E-state index contributed by atoms with van der Waals surface area (Å²) in [5.74, 6) is -0.987. The second-order valence-electron chi connectivity index (χ2n) is 6.00. The van der Waals surface area contributed by atoms with Crippen LogP contribution in [0.4, 0.5) is 0 Å². The average Bonchev–Trinajstić information content (AvgIpc) is 2.55. The highest BCUT2D eigenvalue weighted by Crippen LogP contribution is 2.22. The monoisotopic (exact) mass is 311 g/mol. The molecule has 2 N–H and O–H groups in total. The Morgan fingerprint density at radius 3 is 2.39 bits per heavy atom. The third kappa shape index (κ3) is 4.19. The SMILES string of the molecule is CC(C)(C(=O)NCCc1cccc(C(=O)O)c1)c1ccccc1. The van der Waals surface area contributed by atoms with Gasteiger partial charge in [0.25, 0.3) is 0 Å². The van der Waals surface area contributed by atoms with E-state index in [0.29, 0.717) is 13.0 Å². The van der Waals surface area contributed by atoms with E-state index in [0.717, 1.165) is 11.1 Å². The van der Waals surface area contributed by atoms with Crippen LogP contribution in [0.25, 0.3) is 0 Å². The summed E-state index contributed by atoms with van der Waals surface area (Å²) < 4.78 is 0. The molecule has 0 atom stereocenters. The first-order valence-electron chi connectivity index (χ1n) is 7.57. The lowest BCUT2D eigenvalue weighted by Gasteiger charge is -2.24. The van der Waals surface area contributed by atoms with Crippen LogP contribution in [0.1, 0.15) is 35.3 Å². The minimum atomic E-state index is -0.943. The number of rotatable bonds is 6. The van der Waals surface area contributed by atoms with Crippen LogP contribution in [0.2, 0.25) is 0 Å². The van der Waals surface area contributed by atoms with Gasteiger partial charge in [-0.3, -0.25) is 4.79 Å². The minimum absolute atomic E-state index is 0.0434. The van der Waals surface area contributed by atoms with Gasteiger partial charge in [-0.15, -0.1) is 0 Å². The van der Waals surface area contributed by atoms with E-state index in [1.54, 1.807) is 18.2 Å². The zero-order chi connectivity index (χ0) is 16.9. The van der Waals surface area contributed by atoms with Gasteiger partial charge < -0.3 is 10.4 Å². The van der Waals surface area contributed by atoms with Crippen molar-refractivity contribution in [1.82, 2.24) is 5.32 Å². The summed E-state index contributed by atoms with van der Waals surface area (Å²) in [6.07, 6.45) is 0.595. The van der Waals surface area contributed by atoms with Gasteiger partial charge in [-0.2, -0.15) is 0 Å². The van der Waals surface area contributed by atoms with Crippen molar-refractivity contribution < 1.29 is 14.7 Å². The van der Waals surface area contributed by atoms with Crippen molar-refractivity contribution in [3.8, 4) is 0 Å². The van der Waals surface area contributed by atoms with E-state index >= 15 is 0 Å². The Kier molecular flexibility index (Phi) is 5.16. The van der Waals surface area contributed by atoms with E-state index < -0.39 is 11.4 Å². The molecule has 0 unspecified atom stereocenters. The van der Waals surface area contributed by atoms with Crippen molar-refractivity contribution in [2.24, 2.45) is 0 Å². The van der Waals surface area contributed by atoms with Gasteiger partial charge in [0.15, 0.2) is 0 Å². The van der Waals surface area contributed by atoms with Gasteiger partial charge in [-0.25, -0.2) is 4.79 Å². The molecule has 4 nitrogen and oxygen atoms in total. The van der Waals surface area contributed by atoms with Gasteiger partial charge in [0.05, 0.1) is 11.0 Å². The van der Waals surface area contributed by atoms with Crippen molar-refractivity contribution in [2.45, 2.75) is 25.7 Å². The van der Waals surface area contributed by atoms with Crippen molar-refractivity contribution >= 4 is 11.9 Å². The Morgan fingerprint density at radius 1 is 1.04 bits per heavy atom. The molecule has 2 aromatic carbocycles. The summed E-state index contributed by atoms with van der Waals surface area (Å²) in [5, 5.41) is 11.9. The van der Waals surface area contributed by atoms with E-state index in [1.165, 1.54) is 0 Å². The molecule has 0 aliphatic carbocycles. The highest BCUT2D eigenvalue weighted by molar-refractivity contribution is 5.88. The lowest BCUT2D eigenvalue weighted by molar-refractivity contribution is -0.125. The number of hydrogen-bond donors (Lipinski definition) is 2. The molecule has 0 spiro atoms. The predicted molar refractivity (Wildman–Crippen MR) is 89.6 cm³/mol. The van der Waals surface area contributed by atoms with Gasteiger partial charge in [0.1, 0.15) is 0 Å². The third-order valence-electron chi connectivity index (χ3n) is 3.94. The van der Waals surface area contributed by atoms with E-state index in [9.17, 15) is 9.59 Å². The molecular formula is C19H21NO3. The molecule has 0 heterocycles. The molecule has 0 saturated heterocycles. The molecule has 4 heteroatoms. The second-order valence-corrected chi connectivity index (χ2v) is 6.00. The van der Waals surface area contributed by atoms with E-state index in [2.05, 4.69) is 5.32 Å². The number of hydrogen-bond acceptors (Lipinski definition) is 2. The van der Waals surface area contributed by atoms with Gasteiger partial charge in [-0.05, 0) is 43.5 Å². The Labute approximate surface area is 136 Å². The molecule has 0 saturated carbocycles. The molecule has 0 aliphatic heterocycles. The maximum atomic E-state index is 12.4. The summed E-state index contributed by atoms with van der Waals surface area (Å²) in [6.45, 7) is 4.25. The number of carbonyl (C=O) groups is 2. The molecule has 0 aromatic heterocycles. The van der Waals surface area contributed by atoms with Gasteiger partial charge in [0, 0.05) is 6.54 Å². The lowest BCUT2D eigenvalue weighted by Crippen LogP contribution is -2.40. The molecule has 0 fully saturated rings. The number of carboxylic acid groups (broad SMARTS) is 1. The topological polar surface area (TPSA) is 66.4 Å². The van der Waals surface area contributed by atoms with E-state index in [-0.39, 0.29) is 11.5 Å². The fourth-order valence-corrected chi connectivity index (χ4v) is 2.39. The normalized spacial score (nSPS) is 11.0. The van der Waals surface area contributed by atoms with E-state index in [1.807, 2.05) is 50.2 Å². The first-order valence-corrected chi connectivity index (χ1v) is 7.57. The summed E-state index contributed by atoms with van der Waals surface area (Å²) in [6, 6.07) is 16.4. The van der Waals surface area contributed by atoms with Crippen molar-refractivity contribution in [3.05, 3.63) is 71.3 Å². The second kappa shape index (κ2) is 7.09. The fourth-order valence-electron chi connectivity index (χ4n) is 2.39. The third-order valence-corrected chi connectivity index (χ3v) is 3.94. The number of amides is 1. The Bertz CT molecular complexity index is 693. The number of nitrogens with one attached hydrogen (secondary N) is 1. The largest absolute Gasteiger partial charge is 0.478 e. The zero-order valence-electron chi connectivity index (χ0n) is 13.4. The molecule has 2 rings (SSSR count). The van der Waals surface area contributed by atoms with Crippen LogP contribution in [0.15, 0.2) is 54.6 Å². The molecule has 23 heavy (non-hydrogen) atoms. The predicted octanol–water partition coefficient (Wildman–Crippen LogP) is 3.02. The van der Waals surface area contributed by atoms with Crippen molar-refractivity contribution in [2.75, 3.05) is 6.54 Å². The van der Waals surface area contributed by atoms with Gasteiger partial charge >= 0.3 is 5.97 Å². The minimum Gasteiger partial charge on any atom is -0.478 e. The van der Waals surface area contributed by atoms with Crippen LogP contribution in [-0.2, 0) is 16.6 Å². The van der Waals surface area contributed by atoms with Crippen LogP contribution in [0.3, 0.4) is 0 Å². The van der Waals surface area contributed by atoms with Gasteiger partial charge in [-0.1, -0.05) is 42.5 Å². The number of carboxylic acids is 1. The molecule has 120 valence electrons. The van der Waals surface area contributed by atoms with Crippen LogP contribution < -0.4 is 5.32 Å². The van der Waals surface area contributed by atoms with Crippen LogP contribution in [0.5, 0.6) is 0 Å². The highest BCUT2D eigenvalue weighted by atomic mass is 16.4. The Hall–Kier alpha value is -2.62. The molecule has 2 aromatic rings. The fraction of sp³-hybridized carbons (Fsp3) is 0.263. The van der Waals surface area contributed by atoms with Gasteiger partial charge in [0.2, 0.25) is 5.91 Å². The maximum absolute atomic E-state index is 12.4. The summed E-state index contributed by atoms with van der Waals surface area (Å²) in [7, 11) is 0. The summed E-state index contributed by atoms with van der Waals surface area (Å²) in [4.78, 5) is 23.4. The lowest BCUT2D eigenvalue weighted by atomic mass is 9.84. The zero-order valence-corrected chi connectivity index (χ0v) is 13.4. The highest BCUT2D eigenvalue weighted by Gasteiger charge is 2.28. The van der Waals surface area contributed by atoms with Crippen LogP contribution in [-0.4, -0.2) is 23.5 Å². The standard InChI is InChI=1S/C19H21NO3/c1-19(2,16-9-4-3-5-10-16)18(23)20-12-11-14-7-6-8-15(13-14)17(21)22/h3-10,13H,11-12H2,1-2H3,(H,20,23)(H,21,22). The molecule has 1 amide bonds. The summed E-state index contributed by atoms with van der Waals surface area (Å²) in [5.41, 5.74) is 1.51. The maximum Gasteiger partial charge on any atom is 0.335 e. The van der Waals surface area contributed by atoms with Crippen LogP contribution >= 0.6 is 0 Å². The smallest absolute Gasteiger partial charge is 0.335 e. The molecule has 0 radical (unpaired) electrons. The average molecular weight is 311 g/mol. The van der Waals surface area contributed by atoms with Crippen LogP contribution in [0, 0.1) is 0 Å². The Morgan fingerprint density at radius 2 is 1.74 bits per heavy atom. The first kappa shape index (κ1) is 16.7. The van der Waals surface area contributed by atoms with Crippen molar-refractivity contribution in [1.29, 1.82) is 0 Å². The first-order chi connectivity index (χ1) is 10.9. The number of aromatic carboxylic acids is 1. The Balaban J connectivity index is 1.95. The summed E-state index contributed by atoms with van der Waals surface area (Å²) >= 11 is 0. The quantitative estimate of drug-likeness (QED) is 0.862. The molecule has 0 aliphatic rings.